The molecule has 0 spiro atoms. The predicted octanol–water partition coefficient (Wildman–Crippen LogP) is 5.15. The van der Waals surface area contributed by atoms with Gasteiger partial charge in [-0.2, -0.15) is 5.10 Å². The molecule has 2 heterocycles. The average molecular weight is 467 g/mol. The van der Waals surface area contributed by atoms with Crippen molar-refractivity contribution >= 4 is 22.8 Å². The maximum Gasteiger partial charge on any atom is 0.251 e. The Morgan fingerprint density at radius 1 is 0.886 bits per heavy atom. The number of nitrogens with zero attached hydrogens (tertiary/aromatic N) is 4. The van der Waals surface area contributed by atoms with Crippen molar-refractivity contribution in [2.75, 3.05) is 5.32 Å². The summed E-state index contributed by atoms with van der Waals surface area (Å²) in [5, 5.41) is 12.5. The number of nitrogens with one attached hydrogen (secondary N) is 2. The van der Waals surface area contributed by atoms with E-state index in [2.05, 4.69) is 15.7 Å². The van der Waals surface area contributed by atoms with Crippen LogP contribution in [0.15, 0.2) is 60.8 Å². The van der Waals surface area contributed by atoms with E-state index in [1.54, 1.807) is 0 Å². The molecule has 35 heavy (non-hydrogen) atoms. The number of carbonyl (C=O) groups is 1. The highest BCUT2D eigenvalue weighted by molar-refractivity contribution is 5.94. The van der Waals surface area contributed by atoms with Gasteiger partial charge in [0.1, 0.15) is 11.6 Å². The molecule has 2 aromatic carbocycles. The lowest BCUT2D eigenvalue weighted by atomic mass is 9.91. The third-order valence-electron chi connectivity index (χ3n) is 7.11. The number of hydrogen-bond donors (Lipinski definition) is 2. The Labute approximate surface area is 205 Å². The number of carbonyl (C=O) groups excluding carboxylic acids is 1. The molecule has 0 aliphatic heterocycles. The fourth-order valence-electron chi connectivity index (χ4n) is 4.87. The van der Waals surface area contributed by atoms with Gasteiger partial charge in [0.25, 0.3) is 5.91 Å². The van der Waals surface area contributed by atoms with Crippen LogP contribution in [0.5, 0.6) is 0 Å². The summed E-state index contributed by atoms with van der Waals surface area (Å²) in [5.74, 6) is 2.26. The van der Waals surface area contributed by atoms with Gasteiger partial charge in [-0.1, -0.05) is 35.9 Å². The van der Waals surface area contributed by atoms with Gasteiger partial charge in [0.05, 0.1) is 17.3 Å². The molecule has 2 saturated carbocycles. The van der Waals surface area contributed by atoms with Crippen LogP contribution in [0.4, 0.5) is 5.82 Å². The van der Waals surface area contributed by atoms with E-state index in [4.69, 9.17) is 9.97 Å². The van der Waals surface area contributed by atoms with Gasteiger partial charge in [0, 0.05) is 23.6 Å². The zero-order valence-corrected chi connectivity index (χ0v) is 19.9. The molecule has 2 aliphatic rings. The molecule has 178 valence electrons. The van der Waals surface area contributed by atoms with Gasteiger partial charge < -0.3 is 10.6 Å². The zero-order chi connectivity index (χ0) is 23.8. The van der Waals surface area contributed by atoms with Crippen LogP contribution in [-0.2, 0) is 0 Å². The number of aromatic nitrogens is 4. The third kappa shape index (κ3) is 4.63. The van der Waals surface area contributed by atoms with Crippen molar-refractivity contribution in [1.82, 2.24) is 25.1 Å². The van der Waals surface area contributed by atoms with Crippen LogP contribution in [0.2, 0.25) is 0 Å². The first-order chi connectivity index (χ1) is 17.1. The molecule has 0 saturated heterocycles. The summed E-state index contributed by atoms with van der Waals surface area (Å²) < 4.78 is 1.91. The first kappa shape index (κ1) is 21.8. The van der Waals surface area contributed by atoms with Crippen LogP contribution in [0.25, 0.3) is 16.7 Å². The van der Waals surface area contributed by atoms with E-state index in [0.29, 0.717) is 12.0 Å². The molecule has 4 aromatic rings. The van der Waals surface area contributed by atoms with Gasteiger partial charge in [-0.05, 0) is 69.7 Å². The number of benzene rings is 2. The van der Waals surface area contributed by atoms with Crippen molar-refractivity contribution in [2.24, 2.45) is 0 Å². The van der Waals surface area contributed by atoms with Gasteiger partial charge in [-0.25, -0.2) is 14.6 Å². The van der Waals surface area contributed by atoms with E-state index in [1.165, 1.54) is 0 Å². The number of hydrogen-bond acceptors (Lipinski definition) is 5. The predicted molar refractivity (Wildman–Crippen MR) is 137 cm³/mol. The summed E-state index contributed by atoms with van der Waals surface area (Å²) in [7, 11) is 0. The summed E-state index contributed by atoms with van der Waals surface area (Å²) in [6.07, 6.45) is 8.03. The van der Waals surface area contributed by atoms with Crippen LogP contribution < -0.4 is 10.6 Å². The Hall–Kier alpha value is -3.74. The Morgan fingerprint density at radius 3 is 2.31 bits per heavy atom. The van der Waals surface area contributed by atoms with Crippen molar-refractivity contribution < 1.29 is 4.79 Å². The first-order valence-electron chi connectivity index (χ1n) is 12.6. The monoisotopic (exact) mass is 466 g/mol. The summed E-state index contributed by atoms with van der Waals surface area (Å²) in [6, 6.07) is 18.4. The van der Waals surface area contributed by atoms with Gasteiger partial charge in [0.15, 0.2) is 5.65 Å². The van der Waals surface area contributed by atoms with Gasteiger partial charge >= 0.3 is 0 Å². The van der Waals surface area contributed by atoms with Crippen molar-refractivity contribution in [3.8, 4) is 5.69 Å². The third-order valence-corrected chi connectivity index (χ3v) is 7.11. The number of anilines is 1. The molecule has 2 fully saturated rings. The number of aryl methyl sites for hydroxylation is 1. The summed E-state index contributed by atoms with van der Waals surface area (Å²) >= 11 is 0. The lowest BCUT2D eigenvalue weighted by Crippen LogP contribution is -2.40. The summed E-state index contributed by atoms with van der Waals surface area (Å²) in [5.41, 5.74) is 3.74. The minimum absolute atomic E-state index is 0.0151. The molecule has 0 bridgehead atoms. The number of para-hydroxylation sites is 1. The lowest BCUT2D eigenvalue weighted by molar-refractivity contribution is 0.0926. The van der Waals surface area contributed by atoms with Gasteiger partial charge in [0.2, 0.25) is 0 Å². The standard InChI is InChI=1S/C28H30N6O/c1-18-7-9-20(10-8-18)28(35)31-22-15-13-21(14-16-22)30-26-24-17-29-34(23-5-3-2-4-6-23)27(24)33-25(32-26)19-11-12-19/h2-10,17,19,21-22H,11-16H2,1H3,(H,31,35)(H,30,32,33). The molecule has 2 aromatic heterocycles. The van der Waals surface area contributed by atoms with E-state index < -0.39 is 0 Å². The van der Waals surface area contributed by atoms with E-state index >= 15 is 0 Å². The number of fused-ring (bicyclic) bond motifs is 1. The number of rotatable bonds is 6. The minimum atomic E-state index is 0.0151. The van der Waals surface area contributed by atoms with Crippen molar-refractivity contribution in [1.29, 1.82) is 0 Å². The fourth-order valence-corrected chi connectivity index (χ4v) is 4.87. The van der Waals surface area contributed by atoms with Crippen molar-refractivity contribution in [3.05, 3.63) is 77.7 Å². The molecule has 0 radical (unpaired) electrons. The van der Waals surface area contributed by atoms with Crippen molar-refractivity contribution in [3.63, 3.8) is 0 Å². The molecule has 7 heteroatoms. The fraction of sp³-hybridized carbons (Fsp3) is 0.357. The van der Waals surface area contributed by atoms with E-state index in [1.807, 2.05) is 72.4 Å². The lowest BCUT2D eigenvalue weighted by Gasteiger charge is -2.30. The van der Waals surface area contributed by atoms with Crippen LogP contribution in [0, 0.1) is 6.92 Å². The quantitative estimate of drug-likeness (QED) is 0.410. The largest absolute Gasteiger partial charge is 0.367 e. The SMILES string of the molecule is Cc1ccc(C(=O)NC2CCC(Nc3nc(C4CC4)nc4c3cnn4-c3ccccc3)CC2)cc1. The average Bonchev–Trinajstić information content (AvgIpc) is 3.65. The number of amides is 1. The minimum Gasteiger partial charge on any atom is -0.367 e. The topological polar surface area (TPSA) is 84.7 Å². The molecular weight excluding hydrogens is 436 g/mol. The molecule has 0 unspecified atom stereocenters. The Kier molecular flexibility index (Phi) is 5.68. The molecule has 0 atom stereocenters. The Morgan fingerprint density at radius 2 is 1.60 bits per heavy atom. The zero-order valence-electron chi connectivity index (χ0n) is 19.9. The summed E-state index contributed by atoms with van der Waals surface area (Å²) in [6.45, 7) is 2.03. The second-order valence-corrected chi connectivity index (χ2v) is 9.87. The highest BCUT2D eigenvalue weighted by Gasteiger charge is 2.30. The molecule has 2 aliphatic carbocycles. The molecule has 7 nitrogen and oxygen atoms in total. The van der Waals surface area contributed by atoms with Gasteiger partial charge in [-0.3, -0.25) is 4.79 Å². The highest BCUT2D eigenvalue weighted by atomic mass is 16.1. The Balaban J connectivity index is 1.16. The molecule has 6 rings (SSSR count). The maximum atomic E-state index is 12.6. The highest BCUT2D eigenvalue weighted by Crippen LogP contribution is 2.40. The molecular formula is C28H30N6O. The van der Waals surface area contributed by atoms with Crippen LogP contribution in [0.1, 0.15) is 66.2 Å². The van der Waals surface area contributed by atoms with E-state index in [9.17, 15) is 4.79 Å². The smallest absolute Gasteiger partial charge is 0.251 e. The maximum absolute atomic E-state index is 12.6. The van der Waals surface area contributed by atoms with E-state index in [-0.39, 0.29) is 11.9 Å². The van der Waals surface area contributed by atoms with Gasteiger partial charge in [-0.15, -0.1) is 0 Å². The van der Waals surface area contributed by atoms with Crippen molar-refractivity contribution in [2.45, 2.75) is 63.5 Å². The Bertz CT molecular complexity index is 1340. The molecule has 1 amide bonds. The van der Waals surface area contributed by atoms with Crippen LogP contribution in [-0.4, -0.2) is 37.7 Å². The van der Waals surface area contributed by atoms with Crippen LogP contribution >= 0.6 is 0 Å². The first-order valence-corrected chi connectivity index (χ1v) is 12.6. The second kappa shape index (κ2) is 9.13. The van der Waals surface area contributed by atoms with Crippen LogP contribution in [0.3, 0.4) is 0 Å². The van der Waals surface area contributed by atoms with E-state index in [0.717, 1.165) is 78.0 Å². The molecule has 2 N–H and O–H groups in total. The summed E-state index contributed by atoms with van der Waals surface area (Å²) in [4.78, 5) is 22.5. The normalized spacial score (nSPS) is 20.0. The second-order valence-electron chi connectivity index (χ2n) is 9.87.